The summed E-state index contributed by atoms with van der Waals surface area (Å²) in [7, 11) is 0. The van der Waals surface area contributed by atoms with Crippen LogP contribution < -0.4 is 15.4 Å². The third-order valence-electron chi connectivity index (χ3n) is 3.91. The van der Waals surface area contributed by atoms with Crippen LogP contribution in [0.15, 0.2) is 18.2 Å². The van der Waals surface area contributed by atoms with Gasteiger partial charge in [-0.15, -0.1) is 0 Å². The third kappa shape index (κ3) is 3.48. The molecule has 1 aliphatic carbocycles. The van der Waals surface area contributed by atoms with E-state index in [2.05, 4.69) is 42.7 Å². The van der Waals surface area contributed by atoms with Gasteiger partial charge in [-0.3, -0.25) is 0 Å². The smallest absolute Gasteiger partial charge is 0.123 e. The molecule has 1 fully saturated rings. The molecule has 2 aliphatic rings. The van der Waals surface area contributed by atoms with Gasteiger partial charge in [0.1, 0.15) is 11.9 Å². The second kappa shape index (κ2) is 5.51. The molecule has 2 N–H and O–H groups in total. The van der Waals surface area contributed by atoms with Gasteiger partial charge in [0.2, 0.25) is 0 Å². The van der Waals surface area contributed by atoms with E-state index in [9.17, 15) is 0 Å². The Labute approximate surface area is 115 Å². The van der Waals surface area contributed by atoms with Crippen molar-refractivity contribution in [1.29, 1.82) is 0 Å². The molecule has 2 atom stereocenters. The maximum atomic E-state index is 5.73. The van der Waals surface area contributed by atoms with Crippen LogP contribution in [0.25, 0.3) is 0 Å². The summed E-state index contributed by atoms with van der Waals surface area (Å²) in [5.41, 5.74) is 2.71. The van der Waals surface area contributed by atoms with Gasteiger partial charge < -0.3 is 15.4 Å². The summed E-state index contributed by atoms with van der Waals surface area (Å²) in [5.74, 6) is 1.07. The van der Waals surface area contributed by atoms with E-state index in [0.717, 1.165) is 31.3 Å². The maximum Gasteiger partial charge on any atom is 0.123 e. The van der Waals surface area contributed by atoms with E-state index in [-0.39, 0.29) is 0 Å². The Kier molecular flexibility index (Phi) is 3.76. The van der Waals surface area contributed by atoms with Crippen molar-refractivity contribution in [3.63, 3.8) is 0 Å². The molecular formula is C16H24N2O. The van der Waals surface area contributed by atoms with Crippen molar-refractivity contribution in [3.05, 3.63) is 29.3 Å². The second-order valence-electron chi connectivity index (χ2n) is 6.04. The van der Waals surface area contributed by atoms with Gasteiger partial charge in [-0.1, -0.05) is 12.1 Å². The Morgan fingerprint density at radius 1 is 1.37 bits per heavy atom. The van der Waals surface area contributed by atoms with E-state index in [1.165, 1.54) is 24.0 Å². The van der Waals surface area contributed by atoms with Crippen LogP contribution in [0.3, 0.4) is 0 Å². The molecule has 1 aromatic rings. The summed E-state index contributed by atoms with van der Waals surface area (Å²) in [4.78, 5) is 0. The average molecular weight is 260 g/mol. The number of nitrogens with one attached hydrogen (secondary N) is 2. The number of ether oxygens (including phenoxy) is 1. The fourth-order valence-electron chi connectivity index (χ4n) is 2.58. The number of hydrogen-bond acceptors (Lipinski definition) is 3. The molecule has 1 aliphatic heterocycles. The van der Waals surface area contributed by atoms with Crippen LogP contribution in [0.1, 0.15) is 37.8 Å². The molecule has 3 heteroatoms. The second-order valence-corrected chi connectivity index (χ2v) is 6.04. The molecule has 104 valence electrons. The van der Waals surface area contributed by atoms with Gasteiger partial charge in [-0.25, -0.2) is 0 Å². The maximum absolute atomic E-state index is 5.73. The Bertz CT molecular complexity index is 442. The fraction of sp³-hybridized carbons (Fsp3) is 0.625. The minimum Gasteiger partial charge on any atom is -0.490 e. The number of rotatable bonds is 6. The molecule has 19 heavy (non-hydrogen) atoms. The topological polar surface area (TPSA) is 33.3 Å². The standard InChI is InChI=1S/C16H24N2O/c1-11(9-18-15-4-5-15)17-10-13-3-6-16-14(8-13)7-12(2)19-16/h3,6,8,11-12,15,17-18H,4-5,7,9-10H2,1-2H3. The zero-order chi connectivity index (χ0) is 13.2. The third-order valence-corrected chi connectivity index (χ3v) is 3.91. The Balaban J connectivity index is 1.48. The summed E-state index contributed by atoms with van der Waals surface area (Å²) in [6.07, 6.45) is 4.09. The van der Waals surface area contributed by atoms with E-state index in [4.69, 9.17) is 4.74 Å². The number of hydrogen-bond donors (Lipinski definition) is 2. The van der Waals surface area contributed by atoms with Gasteiger partial charge in [0.15, 0.2) is 0 Å². The predicted molar refractivity (Wildman–Crippen MR) is 77.6 cm³/mol. The van der Waals surface area contributed by atoms with Crippen LogP contribution in [0.4, 0.5) is 0 Å². The van der Waals surface area contributed by atoms with Gasteiger partial charge in [-0.05, 0) is 43.9 Å². The van der Waals surface area contributed by atoms with Crippen molar-refractivity contribution >= 4 is 0 Å². The van der Waals surface area contributed by atoms with Gasteiger partial charge in [0, 0.05) is 31.6 Å². The summed E-state index contributed by atoms with van der Waals surface area (Å²) in [6, 6.07) is 7.88. The van der Waals surface area contributed by atoms with Crippen molar-refractivity contribution in [3.8, 4) is 5.75 Å². The van der Waals surface area contributed by atoms with E-state index >= 15 is 0 Å². The lowest BCUT2D eigenvalue weighted by molar-refractivity contribution is 0.254. The highest BCUT2D eigenvalue weighted by molar-refractivity contribution is 5.40. The predicted octanol–water partition coefficient (Wildman–Crippen LogP) is 2.24. The van der Waals surface area contributed by atoms with E-state index in [0.29, 0.717) is 12.1 Å². The monoisotopic (exact) mass is 260 g/mol. The molecule has 3 nitrogen and oxygen atoms in total. The molecule has 1 heterocycles. The molecule has 1 aromatic carbocycles. The average Bonchev–Trinajstić information content (AvgIpc) is 3.14. The highest BCUT2D eigenvalue weighted by Gasteiger charge is 2.21. The Hall–Kier alpha value is -1.06. The highest BCUT2D eigenvalue weighted by atomic mass is 16.5. The summed E-state index contributed by atoms with van der Waals surface area (Å²) in [6.45, 7) is 6.38. The first-order valence-corrected chi connectivity index (χ1v) is 7.46. The molecule has 0 spiro atoms. The van der Waals surface area contributed by atoms with Gasteiger partial charge in [-0.2, -0.15) is 0 Å². The normalized spacial score (nSPS) is 22.9. The molecule has 1 saturated carbocycles. The lowest BCUT2D eigenvalue weighted by Crippen LogP contribution is -2.36. The first-order chi connectivity index (χ1) is 9.20. The molecular weight excluding hydrogens is 236 g/mol. The largest absolute Gasteiger partial charge is 0.490 e. The molecule has 0 bridgehead atoms. The molecule has 2 unspecified atom stereocenters. The fourth-order valence-corrected chi connectivity index (χ4v) is 2.58. The van der Waals surface area contributed by atoms with Crippen LogP contribution >= 0.6 is 0 Å². The highest BCUT2D eigenvalue weighted by Crippen LogP contribution is 2.29. The van der Waals surface area contributed by atoms with Gasteiger partial charge in [0.05, 0.1) is 0 Å². The quantitative estimate of drug-likeness (QED) is 0.823. The van der Waals surface area contributed by atoms with Crippen molar-refractivity contribution in [1.82, 2.24) is 10.6 Å². The van der Waals surface area contributed by atoms with Crippen molar-refractivity contribution < 1.29 is 4.74 Å². The van der Waals surface area contributed by atoms with Crippen LogP contribution in [0, 0.1) is 0 Å². The molecule has 3 rings (SSSR count). The summed E-state index contributed by atoms with van der Waals surface area (Å²) >= 11 is 0. The SMILES string of the molecule is CC(CNC1CC1)NCc1ccc2c(c1)CC(C)O2. The van der Waals surface area contributed by atoms with E-state index in [1.807, 2.05) is 0 Å². The zero-order valence-corrected chi connectivity index (χ0v) is 11.9. The molecule has 0 saturated heterocycles. The number of benzene rings is 1. The summed E-state index contributed by atoms with van der Waals surface area (Å²) in [5, 5.41) is 7.14. The van der Waals surface area contributed by atoms with Crippen LogP contribution in [-0.2, 0) is 13.0 Å². The first-order valence-electron chi connectivity index (χ1n) is 7.46. The van der Waals surface area contributed by atoms with E-state index < -0.39 is 0 Å². The van der Waals surface area contributed by atoms with Crippen LogP contribution in [0.5, 0.6) is 5.75 Å². The van der Waals surface area contributed by atoms with Gasteiger partial charge in [0.25, 0.3) is 0 Å². The van der Waals surface area contributed by atoms with Crippen molar-refractivity contribution in [2.45, 2.75) is 57.8 Å². The van der Waals surface area contributed by atoms with E-state index in [1.54, 1.807) is 0 Å². The summed E-state index contributed by atoms with van der Waals surface area (Å²) < 4.78 is 5.73. The van der Waals surface area contributed by atoms with Crippen molar-refractivity contribution in [2.75, 3.05) is 6.54 Å². The van der Waals surface area contributed by atoms with Crippen LogP contribution in [-0.4, -0.2) is 24.7 Å². The zero-order valence-electron chi connectivity index (χ0n) is 11.9. The molecule has 0 radical (unpaired) electrons. The van der Waals surface area contributed by atoms with Crippen LogP contribution in [0.2, 0.25) is 0 Å². The first kappa shape index (κ1) is 12.9. The van der Waals surface area contributed by atoms with Crippen molar-refractivity contribution in [2.24, 2.45) is 0 Å². The van der Waals surface area contributed by atoms with Gasteiger partial charge >= 0.3 is 0 Å². The lowest BCUT2D eigenvalue weighted by Gasteiger charge is -2.14. The number of fused-ring (bicyclic) bond motifs is 1. The molecule has 0 aromatic heterocycles. The Morgan fingerprint density at radius 3 is 3.00 bits per heavy atom. The molecule has 0 amide bonds. The Morgan fingerprint density at radius 2 is 2.21 bits per heavy atom. The minimum absolute atomic E-state index is 0.333. The minimum atomic E-state index is 0.333. The lowest BCUT2D eigenvalue weighted by atomic mass is 10.1.